The SMILES string of the molecule is CCCCCCCCCCCCCCCCCCCCCCCCC(=O)O[C@H](COC(=O)CCCCCCCCCCCCCCCCCCC)COP(=O)(O)OC[C@@H](O)COP(=O)(O)OC[C@@H](COC(=O)CCCCCCCCCC)OC(=O)CCCCCCCCCCCCCC(C)C. The molecule has 0 aliphatic carbocycles. The predicted octanol–water partition coefficient (Wildman–Crippen LogP) is 24.8. The van der Waals surface area contributed by atoms with E-state index < -0.39 is 97.5 Å². The maximum Gasteiger partial charge on any atom is 0.472 e. The molecule has 0 spiro atoms. The van der Waals surface area contributed by atoms with Crippen molar-refractivity contribution in [1.29, 1.82) is 0 Å². The number of aliphatic hydroxyl groups is 1. The van der Waals surface area contributed by atoms with Crippen molar-refractivity contribution in [2.75, 3.05) is 39.6 Å². The molecular formula is C82H160O17P2. The zero-order valence-electron chi connectivity index (χ0n) is 66.1. The highest BCUT2D eigenvalue weighted by atomic mass is 31.2. The maximum atomic E-state index is 13.1. The van der Waals surface area contributed by atoms with Crippen LogP contribution in [0.25, 0.3) is 0 Å². The van der Waals surface area contributed by atoms with E-state index in [1.165, 1.54) is 257 Å². The number of aliphatic hydroxyl groups excluding tert-OH is 1. The third kappa shape index (κ3) is 76.1. The minimum Gasteiger partial charge on any atom is -0.462 e. The molecule has 600 valence electrons. The molecule has 5 atom stereocenters. The number of esters is 4. The molecule has 0 aliphatic heterocycles. The quantitative estimate of drug-likeness (QED) is 0.0222. The van der Waals surface area contributed by atoms with Gasteiger partial charge in [-0.2, -0.15) is 0 Å². The molecule has 0 heterocycles. The van der Waals surface area contributed by atoms with Crippen LogP contribution in [0.15, 0.2) is 0 Å². The molecule has 0 radical (unpaired) electrons. The van der Waals surface area contributed by atoms with E-state index in [2.05, 4.69) is 34.6 Å². The van der Waals surface area contributed by atoms with Gasteiger partial charge in [-0.15, -0.1) is 0 Å². The molecule has 0 aliphatic rings. The summed E-state index contributed by atoms with van der Waals surface area (Å²) >= 11 is 0. The van der Waals surface area contributed by atoms with Crippen LogP contribution in [0.2, 0.25) is 0 Å². The third-order valence-electron chi connectivity index (χ3n) is 19.3. The molecule has 0 saturated heterocycles. The van der Waals surface area contributed by atoms with Gasteiger partial charge in [0.05, 0.1) is 26.4 Å². The number of unbranched alkanes of at least 4 members (excludes halogenated alkanes) is 54. The Kier molecular flexibility index (Phi) is 73.5. The maximum absolute atomic E-state index is 13.1. The summed E-state index contributed by atoms with van der Waals surface area (Å²) in [7, 11) is -9.92. The largest absolute Gasteiger partial charge is 0.472 e. The third-order valence-corrected chi connectivity index (χ3v) is 21.2. The van der Waals surface area contributed by atoms with Crippen LogP contribution in [0.1, 0.15) is 439 Å². The second-order valence-electron chi connectivity index (χ2n) is 30.0. The molecule has 0 fully saturated rings. The van der Waals surface area contributed by atoms with Crippen molar-refractivity contribution in [3.05, 3.63) is 0 Å². The van der Waals surface area contributed by atoms with Gasteiger partial charge in [-0.05, 0) is 31.6 Å². The highest BCUT2D eigenvalue weighted by Crippen LogP contribution is 2.45. The molecule has 2 unspecified atom stereocenters. The average molecular weight is 1480 g/mol. The first-order valence-corrected chi connectivity index (χ1v) is 45.6. The summed E-state index contributed by atoms with van der Waals surface area (Å²) in [5.41, 5.74) is 0. The van der Waals surface area contributed by atoms with Crippen LogP contribution < -0.4 is 0 Å². The van der Waals surface area contributed by atoms with Gasteiger partial charge in [0.1, 0.15) is 19.3 Å². The molecule has 3 N–H and O–H groups in total. The fraction of sp³-hybridized carbons (Fsp3) is 0.951. The average Bonchev–Trinajstić information content (AvgIpc) is 1.61. The molecule has 0 aromatic carbocycles. The summed E-state index contributed by atoms with van der Waals surface area (Å²) in [5, 5.41) is 10.6. The number of carbonyl (C=O) groups is 4. The van der Waals surface area contributed by atoms with Gasteiger partial charge in [-0.3, -0.25) is 37.3 Å². The van der Waals surface area contributed by atoms with Crippen LogP contribution in [0.5, 0.6) is 0 Å². The van der Waals surface area contributed by atoms with Crippen molar-refractivity contribution < 1.29 is 80.2 Å². The Labute approximate surface area is 619 Å². The number of ether oxygens (including phenoxy) is 4. The topological polar surface area (TPSA) is 237 Å². The van der Waals surface area contributed by atoms with Crippen LogP contribution in [0, 0.1) is 5.92 Å². The van der Waals surface area contributed by atoms with E-state index in [1.807, 2.05) is 0 Å². The first kappa shape index (κ1) is 99.1. The van der Waals surface area contributed by atoms with Crippen LogP contribution in [0.4, 0.5) is 0 Å². The summed E-state index contributed by atoms with van der Waals surface area (Å²) in [6.07, 6.45) is 66.8. The molecule has 0 aromatic rings. The normalized spacial score (nSPS) is 13.8. The van der Waals surface area contributed by atoms with Crippen molar-refractivity contribution in [2.45, 2.75) is 457 Å². The van der Waals surface area contributed by atoms with Crippen molar-refractivity contribution in [2.24, 2.45) is 5.92 Å². The molecule has 0 rings (SSSR count). The number of hydrogen-bond acceptors (Lipinski definition) is 15. The van der Waals surface area contributed by atoms with E-state index in [-0.39, 0.29) is 25.7 Å². The van der Waals surface area contributed by atoms with Crippen molar-refractivity contribution in [3.63, 3.8) is 0 Å². The number of phosphoric acid groups is 2. The second kappa shape index (κ2) is 74.9. The Hall–Kier alpha value is -1.94. The smallest absolute Gasteiger partial charge is 0.462 e. The molecular weight excluding hydrogens is 1320 g/mol. The highest BCUT2D eigenvalue weighted by molar-refractivity contribution is 7.47. The van der Waals surface area contributed by atoms with E-state index in [9.17, 15) is 43.2 Å². The van der Waals surface area contributed by atoms with Crippen molar-refractivity contribution in [1.82, 2.24) is 0 Å². The molecule has 0 amide bonds. The Morgan fingerprint density at radius 3 is 0.673 bits per heavy atom. The monoisotopic (exact) mass is 1480 g/mol. The lowest BCUT2D eigenvalue weighted by Crippen LogP contribution is -2.30. The summed E-state index contributed by atoms with van der Waals surface area (Å²) in [6, 6.07) is 0. The van der Waals surface area contributed by atoms with Crippen LogP contribution >= 0.6 is 15.6 Å². The van der Waals surface area contributed by atoms with Gasteiger partial charge in [0, 0.05) is 25.7 Å². The fourth-order valence-corrected chi connectivity index (χ4v) is 14.3. The van der Waals surface area contributed by atoms with Crippen LogP contribution in [-0.2, 0) is 65.4 Å². The molecule has 0 bridgehead atoms. The van der Waals surface area contributed by atoms with Gasteiger partial charge < -0.3 is 33.8 Å². The van der Waals surface area contributed by atoms with E-state index in [4.69, 9.17) is 37.0 Å². The van der Waals surface area contributed by atoms with E-state index >= 15 is 0 Å². The van der Waals surface area contributed by atoms with Gasteiger partial charge >= 0.3 is 39.5 Å². The zero-order chi connectivity index (χ0) is 74.1. The molecule has 17 nitrogen and oxygen atoms in total. The number of rotatable bonds is 82. The zero-order valence-corrected chi connectivity index (χ0v) is 67.8. The Balaban J connectivity index is 5.18. The minimum atomic E-state index is -4.96. The lowest BCUT2D eigenvalue weighted by molar-refractivity contribution is -0.161. The summed E-state index contributed by atoms with van der Waals surface area (Å²) in [6.45, 7) is 7.30. The van der Waals surface area contributed by atoms with Crippen LogP contribution in [-0.4, -0.2) is 96.7 Å². The molecule has 0 aromatic heterocycles. The lowest BCUT2D eigenvalue weighted by Gasteiger charge is -2.21. The Morgan fingerprint density at radius 1 is 0.267 bits per heavy atom. The summed E-state index contributed by atoms with van der Waals surface area (Å²) in [4.78, 5) is 72.9. The first-order valence-electron chi connectivity index (χ1n) is 42.6. The number of hydrogen-bond donors (Lipinski definition) is 3. The summed E-state index contributed by atoms with van der Waals surface area (Å²) < 4.78 is 68.7. The number of carbonyl (C=O) groups excluding carboxylic acids is 4. The van der Waals surface area contributed by atoms with E-state index in [0.717, 1.165) is 102 Å². The van der Waals surface area contributed by atoms with Gasteiger partial charge in [-0.1, -0.05) is 388 Å². The standard InChI is InChI=1S/C82H160O17P2/c1-6-9-12-15-18-21-23-25-27-29-30-31-32-33-35-37-39-43-47-52-57-62-67-81(86)99-78(72-93-80(85)66-61-56-51-46-42-38-36-34-28-26-24-22-19-16-13-10-7-2)74-97-101(90,91)95-70-76(83)69-94-100(88,89)96-73-77(71-92-79(84)65-60-55-50-20-17-14-11-8-3)98-82(87)68-63-58-53-48-44-40-41-45-49-54-59-64-75(4)5/h75-78,83H,6-74H2,1-5H3,(H,88,89)(H,90,91)/t76-,77+,78+/m0/s1. The van der Waals surface area contributed by atoms with Gasteiger partial charge in [0.15, 0.2) is 12.2 Å². The number of phosphoric ester groups is 2. The highest BCUT2D eigenvalue weighted by Gasteiger charge is 2.30. The van der Waals surface area contributed by atoms with Crippen molar-refractivity contribution >= 4 is 39.5 Å². The minimum absolute atomic E-state index is 0.107. The van der Waals surface area contributed by atoms with Gasteiger partial charge in [0.2, 0.25) is 0 Å². The second-order valence-corrected chi connectivity index (χ2v) is 32.9. The van der Waals surface area contributed by atoms with Gasteiger partial charge in [-0.25, -0.2) is 9.13 Å². The van der Waals surface area contributed by atoms with Gasteiger partial charge in [0.25, 0.3) is 0 Å². The van der Waals surface area contributed by atoms with E-state index in [1.54, 1.807) is 0 Å². The Bertz CT molecular complexity index is 1930. The Morgan fingerprint density at radius 2 is 0.455 bits per heavy atom. The van der Waals surface area contributed by atoms with Crippen LogP contribution in [0.3, 0.4) is 0 Å². The molecule has 19 heteroatoms. The van der Waals surface area contributed by atoms with E-state index in [0.29, 0.717) is 25.7 Å². The van der Waals surface area contributed by atoms with Crippen molar-refractivity contribution in [3.8, 4) is 0 Å². The molecule has 101 heavy (non-hydrogen) atoms. The predicted molar refractivity (Wildman–Crippen MR) is 414 cm³/mol. The lowest BCUT2D eigenvalue weighted by atomic mass is 10.0. The molecule has 0 saturated carbocycles. The fourth-order valence-electron chi connectivity index (χ4n) is 12.8. The first-order chi connectivity index (χ1) is 49.0. The summed E-state index contributed by atoms with van der Waals surface area (Å²) in [5.74, 6) is -1.34.